The Morgan fingerprint density at radius 2 is 1.94 bits per heavy atom. The Hall–Kier alpha value is -1.42. The number of ether oxygens (including phenoxy) is 2. The quantitative estimate of drug-likeness (QED) is 0.764. The highest BCUT2D eigenvalue weighted by Gasteiger charge is 2.20. The molecule has 1 aliphatic rings. The molecule has 1 atom stereocenters. The molecule has 1 aliphatic heterocycles. The number of hydrogen-bond donors (Lipinski definition) is 2. The van der Waals surface area contributed by atoms with Crippen LogP contribution in [-0.2, 0) is 0 Å². The van der Waals surface area contributed by atoms with Gasteiger partial charge in [0.05, 0.1) is 14.2 Å². The van der Waals surface area contributed by atoms with Crippen molar-refractivity contribution in [3.8, 4) is 11.5 Å². The van der Waals surface area contributed by atoms with Crippen LogP contribution in [0.25, 0.3) is 0 Å². The van der Waals surface area contributed by atoms with E-state index in [-0.39, 0.29) is 0 Å². The van der Waals surface area contributed by atoms with Gasteiger partial charge in [-0.05, 0) is 31.0 Å². The fourth-order valence-electron chi connectivity index (χ4n) is 2.16. The van der Waals surface area contributed by atoms with E-state index in [4.69, 9.17) is 15.2 Å². The second-order valence-corrected chi connectivity index (χ2v) is 3.99. The van der Waals surface area contributed by atoms with Gasteiger partial charge in [-0.3, -0.25) is 0 Å². The molecule has 1 aromatic carbocycles. The molecular weight excluding hydrogens is 204 g/mol. The predicted molar refractivity (Wildman–Crippen MR) is 63.9 cm³/mol. The van der Waals surface area contributed by atoms with Crippen LogP contribution in [0.15, 0.2) is 12.1 Å². The van der Waals surface area contributed by atoms with Gasteiger partial charge in [-0.25, -0.2) is 0 Å². The van der Waals surface area contributed by atoms with E-state index >= 15 is 0 Å². The minimum atomic E-state index is 0.347. The zero-order valence-electron chi connectivity index (χ0n) is 9.75. The summed E-state index contributed by atoms with van der Waals surface area (Å²) in [6.07, 6.45) is 2.32. The van der Waals surface area contributed by atoms with E-state index in [1.165, 1.54) is 6.42 Å². The third-order valence-corrected chi connectivity index (χ3v) is 3.02. The SMILES string of the molecule is COc1cc(N)c([C@H]2CCCN2)cc1OC. The van der Waals surface area contributed by atoms with Crippen molar-refractivity contribution in [1.82, 2.24) is 5.32 Å². The highest BCUT2D eigenvalue weighted by molar-refractivity contribution is 5.59. The normalized spacial score (nSPS) is 19.8. The molecule has 0 amide bonds. The van der Waals surface area contributed by atoms with Gasteiger partial charge in [-0.2, -0.15) is 0 Å². The van der Waals surface area contributed by atoms with Crippen LogP contribution in [-0.4, -0.2) is 20.8 Å². The predicted octanol–water partition coefficient (Wildman–Crippen LogP) is 1.71. The maximum absolute atomic E-state index is 6.02. The summed E-state index contributed by atoms with van der Waals surface area (Å²) < 4.78 is 10.5. The maximum Gasteiger partial charge on any atom is 0.162 e. The summed E-state index contributed by atoms with van der Waals surface area (Å²) in [4.78, 5) is 0. The topological polar surface area (TPSA) is 56.5 Å². The highest BCUT2D eigenvalue weighted by atomic mass is 16.5. The van der Waals surface area contributed by atoms with E-state index in [0.29, 0.717) is 11.8 Å². The number of anilines is 1. The third kappa shape index (κ3) is 1.93. The first-order chi connectivity index (χ1) is 7.76. The molecule has 0 aromatic heterocycles. The molecule has 1 saturated heterocycles. The van der Waals surface area contributed by atoms with E-state index in [9.17, 15) is 0 Å². The lowest BCUT2D eigenvalue weighted by molar-refractivity contribution is 0.354. The number of benzene rings is 1. The minimum Gasteiger partial charge on any atom is -0.493 e. The Kier molecular flexibility index (Phi) is 3.19. The average Bonchev–Trinajstić information content (AvgIpc) is 2.82. The molecule has 0 saturated carbocycles. The lowest BCUT2D eigenvalue weighted by atomic mass is 10.0. The number of methoxy groups -OCH3 is 2. The Bertz CT molecular complexity index is 374. The highest BCUT2D eigenvalue weighted by Crippen LogP contribution is 2.36. The zero-order valence-corrected chi connectivity index (χ0v) is 9.75. The molecule has 0 spiro atoms. The molecule has 0 unspecified atom stereocenters. The van der Waals surface area contributed by atoms with Gasteiger partial charge in [0.2, 0.25) is 0 Å². The Morgan fingerprint density at radius 3 is 2.50 bits per heavy atom. The number of rotatable bonds is 3. The van der Waals surface area contributed by atoms with Crippen molar-refractivity contribution in [2.45, 2.75) is 18.9 Å². The zero-order chi connectivity index (χ0) is 11.5. The molecule has 4 heteroatoms. The van der Waals surface area contributed by atoms with Crippen molar-refractivity contribution >= 4 is 5.69 Å². The summed E-state index contributed by atoms with van der Waals surface area (Å²) in [6, 6.07) is 4.14. The molecule has 1 fully saturated rings. The van der Waals surface area contributed by atoms with Gasteiger partial charge in [0.25, 0.3) is 0 Å². The second-order valence-electron chi connectivity index (χ2n) is 3.99. The first-order valence-corrected chi connectivity index (χ1v) is 5.51. The summed E-state index contributed by atoms with van der Waals surface area (Å²) in [5.74, 6) is 1.42. The van der Waals surface area contributed by atoms with Crippen LogP contribution in [0.3, 0.4) is 0 Å². The van der Waals surface area contributed by atoms with Crippen LogP contribution >= 0.6 is 0 Å². The standard InChI is InChI=1S/C12H18N2O2/c1-15-11-6-8(10-4-3-5-14-10)9(13)7-12(11)16-2/h6-7,10,14H,3-5,13H2,1-2H3/t10-/m1/s1. The van der Waals surface area contributed by atoms with Gasteiger partial charge in [-0.1, -0.05) is 0 Å². The first kappa shape index (κ1) is 11.1. The van der Waals surface area contributed by atoms with E-state index < -0.39 is 0 Å². The molecule has 2 rings (SSSR count). The number of nitrogen functional groups attached to an aromatic ring is 1. The van der Waals surface area contributed by atoms with Gasteiger partial charge in [-0.15, -0.1) is 0 Å². The molecule has 1 heterocycles. The number of hydrogen-bond acceptors (Lipinski definition) is 4. The maximum atomic E-state index is 6.02. The summed E-state index contributed by atoms with van der Waals surface area (Å²) in [6.45, 7) is 1.05. The third-order valence-electron chi connectivity index (χ3n) is 3.02. The lowest BCUT2D eigenvalue weighted by Crippen LogP contribution is -2.14. The van der Waals surface area contributed by atoms with Crippen molar-refractivity contribution in [1.29, 1.82) is 0 Å². The Morgan fingerprint density at radius 1 is 1.25 bits per heavy atom. The van der Waals surface area contributed by atoms with Crippen LogP contribution in [0.5, 0.6) is 11.5 Å². The van der Waals surface area contributed by atoms with Crippen LogP contribution in [0.2, 0.25) is 0 Å². The van der Waals surface area contributed by atoms with Crippen LogP contribution in [0.4, 0.5) is 5.69 Å². The average molecular weight is 222 g/mol. The Balaban J connectivity index is 2.37. The van der Waals surface area contributed by atoms with Crippen molar-refractivity contribution in [3.05, 3.63) is 17.7 Å². The molecule has 1 aromatic rings. The first-order valence-electron chi connectivity index (χ1n) is 5.51. The minimum absolute atomic E-state index is 0.347. The van der Waals surface area contributed by atoms with E-state index in [1.54, 1.807) is 14.2 Å². The van der Waals surface area contributed by atoms with Gasteiger partial charge in [0.1, 0.15) is 0 Å². The Labute approximate surface area is 95.7 Å². The molecule has 88 valence electrons. The van der Waals surface area contributed by atoms with Crippen molar-refractivity contribution in [2.75, 3.05) is 26.5 Å². The number of nitrogens with one attached hydrogen (secondary N) is 1. The molecular formula is C12H18N2O2. The van der Waals surface area contributed by atoms with Crippen molar-refractivity contribution in [2.24, 2.45) is 0 Å². The molecule has 0 bridgehead atoms. The molecule has 4 nitrogen and oxygen atoms in total. The number of nitrogens with two attached hydrogens (primary N) is 1. The van der Waals surface area contributed by atoms with Crippen molar-refractivity contribution in [3.63, 3.8) is 0 Å². The summed E-state index contributed by atoms with van der Waals surface area (Å²) in [5, 5.41) is 3.43. The summed E-state index contributed by atoms with van der Waals surface area (Å²) in [5.41, 5.74) is 7.89. The van der Waals surface area contributed by atoms with Crippen LogP contribution < -0.4 is 20.5 Å². The molecule has 3 N–H and O–H groups in total. The fraction of sp³-hybridized carbons (Fsp3) is 0.500. The summed E-state index contributed by atoms with van der Waals surface area (Å²) in [7, 11) is 3.25. The second kappa shape index (κ2) is 4.61. The lowest BCUT2D eigenvalue weighted by Gasteiger charge is -2.17. The van der Waals surface area contributed by atoms with Gasteiger partial charge in [0.15, 0.2) is 11.5 Å². The van der Waals surface area contributed by atoms with E-state index in [2.05, 4.69) is 5.32 Å². The van der Waals surface area contributed by atoms with Crippen LogP contribution in [0.1, 0.15) is 24.4 Å². The van der Waals surface area contributed by atoms with Gasteiger partial charge in [0, 0.05) is 17.8 Å². The fourth-order valence-corrected chi connectivity index (χ4v) is 2.16. The monoisotopic (exact) mass is 222 g/mol. The van der Waals surface area contributed by atoms with Gasteiger partial charge < -0.3 is 20.5 Å². The van der Waals surface area contributed by atoms with E-state index in [1.807, 2.05) is 12.1 Å². The largest absolute Gasteiger partial charge is 0.493 e. The summed E-state index contributed by atoms with van der Waals surface area (Å²) >= 11 is 0. The van der Waals surface area contributed by atoms with Crippen LogP contribution in [0, 0.1) is 0 Å². The molecule has 0 aliphatic carbocycles. The molecule has 16 heavy (non-hydrogen) atoms. The smallest absolute Gasteiger partial charge is 0.162 e. The van der Waals surface area contributed by atoms with Gasteiger partial charge >= 0.3 is 0 Å². The van der Waals surface area contributed by atoms with Crippen molar-refractivity contribution < 1.29 is 9.47 Å². The van der Waals surface area contributed by atoms with E-state index in [0.717, 1.165) is 30.0 Å². The molecule has 0 radical (unpaired) electrons.